The highest BCUT2D eigenvalue weighted by molar-refractivity contribution is 7.09. The number of nitrogens with zero attached hydrogens (tertiary/aromatic N) is 2. The third-order valence-electron chi connectivity index (χ3n) is 3.34. The van der Waals surface area contributed by atoms with Gasteiger partial charge in [0.1, 0.15) is 5.69 Å². The fourth-order valence-electron chi connectivity index (χ4n) is 2.28. The molecule has 0 saturated heterocycles. The van der Waals surface area contributed by atoms with E-state index in [-0.39, 0.29) is 10.6 Å². The maximum absolute atomic E-state index is 11.1. The second-order valence-electron chi connectivity index (χ2n) is 4.89. The number of nitro groups is 1. The summed E-state index contributed by atoms with van der Waals surface area (Å²) in [5.41, 5.74) is 1.67. The SMILES string of the molecule is CNc1c(CN(C)CCc2cccs2)cccc1[N+](=O)[O-]. The Hall–Kier alpha value is -1.92. The van der Waals surface area contributed by atoms with Crippen molar-refractivity contribution in [2.45, 2.75) is 13.0 Å². The average Bonchev–Trinajstić information content (AvgIpc) is 2.98. The van der Waals surface area contributed by atoms with Crippen molar-refractivity contribution in [3.8, 4) is 0 Å². The summed E-state index contributed by atoms with van der Waals surface area (Å²) in [7, 11) is 3.75. The number of para-hydroxylation sites is 1. The number of anilines is 1. The lowest BCUT2D eigenvalue weighted by Crippen LogP contribution is -2.21. The third kappa shape index (κ3) is 4.03. The van der Waals surface area contributed by atoms with E-state index in [0.717, 1.165) is 18.5 Å². The predicted molar refractivity (Wildman–Crippen MR) is 87.0 cm³/mol. The zero-order chi connectivity index (χ0) is 15.2. The molecule has 1 N–H and O–H groups in total. The summed E-state index contributed by atoms with van der Waals surface area (Å²) in [4.78, 5) is 14.2. The fourth-order valence-corrected chi connectivity index (χ4v) is 2.98. The standard InChI is InChI=1S/C15H19N3O2S/c1-16-15-12(5-3-7-14(15)18(19)20)11-17(2)9-8-13-6-4-10-21-13/h3-7,10,16H,8-9,11H2,1-2H3. The Labute approximate surface area is 128 Å². The Morgan fingerprint density at radius 3 is 2.76 bits per heavy atom. The number of nitrogens with one attached hydrogen (secondary N) is 1. The van der Waals surface area contributed by atoms with Gasteiger partial charge in [-0.25, -0.2) is 0 Å². The molecule has 0 spiro atoms. The van der Waals surface area contributed by atoms with Gasteiger partial charge in [-0.05, 0) is 30.5 Å². The van der Waals surface area contributed by atoms with Crippen LogP contribution >= 0.6 is 11.3 Å². The number of hydrogen-bond acceptors (Lipinski definition) is 5. The van der Waals surface area contributed by atoms with Gasteiger partial charge in [-0.1, -0.05) is 18.2 Å². The molecule has 0 aliphatic heterocycles. The van der Waals surface area contributed by atoms with Crippen LogP contribution in [0.4, 0.5) is 11.4 Å². The van der Waals surface area contributed by atoms with Crippen LogP contribution in [0, 0.1) is 10.1 Å². The highest BCUT2D eigenvalue weighted by Gasteiger charge is 2.16. The van der Waals surface area contributed by atoms with Crippen LogP contribution in [0.25, 0.3) is 0 Å². The second kappa shape index (κ2) is 7.19. The third-order valence-corrected chi connectivity index (χ3v) is 4.27. The molecule has 2 rings (SSSR count). The van der Waals surface area contributed by atoms with E-state index in [0.29, 0.717) is 12.2 Å². The molecule has 112 valence electrons. The maximum atomic E-state index is 11.1. The predicted octanol–water partition coefficient (Wildman–Crippen LogP) is 3.37. The van der Waals surface area contributed by atoms with E-state index in [1.54, 1.807) is 24.5 Å². The number of benzene rings is 1. The number of thiophene rings is 1. The zero-order valence-electron chi connectivity index (χ0n) is 12.2. The summed E-state index contributed by atoms with van der Waals surface area (Å²) in [5.74, 6) is 0. The van der Waals surface area contributed by atoms with Gasteiger partial charge in [0, 0.05) is 31.1 Å². The first kappa shape index (κ1) is 15.5. The lowest BCUT2D eigenvalue weighted by molar-refractivity contribution is -0.384. The topological polar surface area (TPSA) is 58.4 Å². The Kier molecular flexibility index (Phi) is 5.30. The van der Waals surface area contributed by atoms with Crippen LogP contribution in [0.1, 0.15) is 10.4 Å². The molecule has 21 heavy (non-hydrogen) atoms. The van der Waals surface area contributed by atoms with Crippen LogP contribution in [-0.4, -0.2) is 30.5 Å². The fraction of sp³-hybridized carbons (Fsp3) is 0.333. The van der Waals surface area contributed by atoms with E-state index in [4.69, 9.17) is 0 Å². The lowest BCUT2D eigenvalue weighted by Gasteiger charge is -2.18. The Bertz CT molecular complexity index is 599. The van der Waals surface area contributed by atoms with Gasteiger partial charge in [-0.15, -0.1) is 11.3 Å². The summed E-state index contributed by atoms with van der Waals surface area (Å²) in [6, 6.07) is 9.38. The second-order valence-corrected chi connectivity index (χ2v) is 5.92. The molecule has 0 saturated carbocycles. The minimum Gasteiger partial charge on any atom is -0.382 e. The van der Waals surface area contributed by atoms with Crippen LogP contribution in [0.3, 0.4) is 0 Å². The Morgan fingerprint density at radius 2 is 2.14 bits per heavy atom. The van der Waals surface area contributed by atoms with Gasteiger partial charge < -0.3 is 10.2 Å². The minimum absolute atomic E-state index is 0.127. The highest BCUT2D eigenvalue weighted by Crippen LogP contribution is 2.28. The molecule has 0 unspecified atom stereocenters. The van der Waals surface area contributed by atoms with Crippen molar-refractivity contribution in [2.24, 2.45) is 0 Å². The molecule has 0 radical (unpaired) electrons. The average molecular weight is 305 g/mol. The molecule has 0 bridgehead atoms. The molecular formula is C15H19N3O2S. The van der Waals surface area contributed by atoms with E-state index in [9.17, 15) is 10.1 Å². The van der Waals surface area contributed by atoms with Crippen molar-refractivity contribution >= 4 is 22.7 Å². The lowest BCUT2D eigenvalue weighted by atomic mass is 10.1. The van der Waals surface area contributed by atoms with Gasteiger partial charge in [0.2, 0.25) is 0 Å². The molecule has 0 aliphatic rings. The summed E-state index contributed by atoms with van der Waals surface area (Å²) >= 11 is 1.76. The van der Waals surface area contributed by atoms with Gasteiger partial charge in [0.15, 0.2) is 0 Å². The first-order valence-corrected chi connectivity index (χ1v) is 7.64. The molecule has 0 amide bonds. The van der Waals surface area contributed by atoms with Gasteiger partial charge in [0.25, 0.3) is 5.69 Å². The van der Waals surface area contributed by atoms with Gasteiger partial charge >= 0.3 is 0 Å². The van der Waals surface area contributed by atoms with E-state index in [2.05, 4.69) is 27.7 Å². The summed E-state index contributed by atoms with van der Waals surface area (Å²) < 4.78 is 0. The quantitative estimate of drug-likeness (QED) is 0.629. The molecule has 6 heteroatoms. The molecule has 1 aromatic heterocycles. The first-order valence-electron chi connectivity index (χ1n) is 6.76. The van der Waals surface area contributed by atoms with Crippen molar-refractivity contribution < 1.29 is 4.92 Å². The van der Waals surface area contributed by atoms with Gasteiger partial charge in [-0.3, -0.25) is 10.1 Å². The van der Waals surface area contributed by atoms with Gasteiger partial charge in [0.05, 0.1) is 4.92 Å². The molecule has 5 nitrogen and oxygen atoms in total. The molecule has 1 aromatic carbocycles. The number of likely N-dealkylation sites (N-methyl/N-ethyl adjacent to an activating group) is 1. The van der Waals surface area contributed by atoms with Crippen molar-refractivity contribution in [1.82, 2.24) is 4.90 Å². The van der Waals surface area contributed by atoms with Crippen molar-refractivity contribution in [1.29, 1.82) is 0 Å². The number of rotatable bonds is 7. The zero-order valence-corrected chi connectivity index (χ0v) is 13.0. The molecule has 0 aliphatic carbocycles. The maximum Gasteiger partial charge on any atom is 0.292 e. The first-order chi connectivity index (χ1) is 10.1. The monoisotopic (exact) mass is 305 g/mol. The summed E-state index contributed by atoms with van der Waals surface area (Å²) in [6.45, 7) is 1.61. The van der Waals surface area contributed by atoms with Crippen LogP contribution in [0.15, 0.2) is 35.7 Å². The molecule has 1 heterocycles. The van der Waals surface area contributed by atoms with E-state index in [1.165, 1.54) is 10.9 Å². The molecular weight excluding hydrogens is 286 g/mol. The van der Waals surface area contributed by atoms with Crippen LogP contribution in [-0.2, 0) is 13.0 Å². The molecule has 2 aromatic rings. The van der Waals surface area contributed by atoms with E-state index in [1.807, 2.05) is 13.1 Å². The smallest absolute Gasteiger partial charge is 0.292 e. The number of nitro benzene ring substituents is 1. The van der Waals surface area contributed by atoms with Crippen molar-refractivity contribution in [2.75, 3.05) is 26.0 Å². The molecule has 0 atom stereocenters. The van der Waals surface area contributed by atoms with E-state index < -0.39 is 0 Å². The van der Waals surface area contributed by atoms with Crippen molar-refractivity contribution in [3.05, 3.63) is 56.3 Å². The van der Waals surface area contributed by atoms with E-state index >= 15 is 0 Å². The van der Waals surface area contributed by atoms with Crippen molar-refractivity contribution in [3.63, 3.8) is 0 Å². The van der Waals surface area contributed by atoms with Gasteiger partial charge in [-0.2, -0.15) is 0 Å². The Balaban J connectivity index is 2.04. The Morgan fingerprint density at radius 1 is 1.33 bits per heavy atom. The summed E-state index contributed by atoms with van der Waals surface area (Å²) in [6.07, 6.45) is 0.998. The largest absolute Gasteiger partial charge is 0.382 e. The summed E-state index contributed by atoms with van der Waals surface area (Å²) in [5, 5.41) is 16.1. The number of hydrogen-bond donors (Lipinski definition) is 1. The minimum atomic E-state index is -0.346. The highest BCUT2D eigenvalue weighted by atomic mass is 32.1. The van der Waals surface area contributed by atoms with Crippen LogP contribution < -0.4 is 5.32 Å². The van der Waals surface area contributed by atoms with Crippen LogP contribution in [0.2, 0.25) is 0 Å². The van der Waals surface area contributed by atoms with Crippen LogP contribution in [0.5, 0.6) is 0 Å². The normalized spacial score (nSPS) is 10.8. The molecule has 0 fully saturated rings.